The smallest absolute Gasteiger partial charge is 0.381 e. The summed E-state index contributed by atoms with van der Waals surface area (Å²) in [6, 6.07) is 9.92. The molecular weight excluding hydrogens is 357 g/mol. The lowest BCUT2D eigenvalue weighted by molar-refractivity contribution is -0.137. The van der Waals surface area contributed by atoms with Crippen LogP contribution in [-0.4, -0.2) is 15.7 Å². The van der Waals surface area contributed by atoms with Gasteiger partial charge >= 0.3 is 6.18 Å². The molecule has 3 N–H and O–H groups in total. The van der Waals surface area contributed by atoms with Crippen LogP contribution in [0.4, 0.5) is 18.9 Å². The Morgan fingerprint density at radius 3 is 2.52 bits per heavy atom. The Morgan fingerprint density at radius 2 is 1.89 bits per heavy atom. The molecule has 5 nitrogen and oxygen atoms in total. The molecule has 1 heterocycles. The maximum atomic E-state index is 12.6. The fourth-order valence-electron chi connectivity index (χ4n) is 2.56. The molecule has 140 valence electrons. The Morgan fingerprint density at radius 1 is 1.19 bits per heavy atom. The number of hydrogen-bond acceptors (Lipinski definition) is 3. The summed E-state index contributed by atoms with van der Waals surface area (Å²) in [6.07, 6.45) is -1.02. The van der Waals surface area contributed by atoms with Gasteiger partial charge in [-0.2, -0.15) is 18.3 Å². The first-order chi connectivity index (χ1) is 12.7. The van der Waals surface area contributed by atoms with E-state index in [4.69, 9.17) is 5.73 Å². The molecule has 0 fully saturated rings. The van der Waals surface area contributed by atoms with E-state index >= 15 is 0 Å². The van der Waals surface area contributed by atoms with Crippen molar-refractivity contribution in [1.29, 1.82) is 0 Å². The molecule has 1 aromatic heterocycles. The summed E-state index contributed by atoms with van der Waals surface area (Å²) in [7, 11) is 0. The van der Waals surface area contributed by atoms with Gasteiger partial charge in [0.2, 0.25) is 5.91 Å². The van der Waals surface area contributed by atoms with Crippen LogP contribution < -0.4 is 11.1 Å². The number of carbonyl (C=O) groups is 1. The number of aryl methyl sites for hydroxylation is 1. The van der Waals surface area contributed by atoms with E-state index in [1.54, 1.807) is 30.6 Å². The van der Waals surface area contributed by atoms with Gasteiger partial charge in [-0.3, -0.25) is 4.79 Å². The Labute approximate surface area is 153 Å². The molecule has 2 aromatic carbocycles. The number of halogens is 3. The standard InChI is InChI=1S/C19H17F3N4O/c1-12-2-3-14(18(23)27)8-17(12)24-9-13-10-25-26(11-13)16-6-4-15(5-7-16)19(20,21)22/h2-8,10-11,24H,9H2,1H3,(H2,23,27). The second kappa shape index (κ2) is 7.14. The van der Waals surface area contributed by atoms with Gasteiger partial charge in [0.1, 0.15) is 0 Å². The number of nitrogens with two attached hydrogens (primary N) is 1. The summed E-state index contributed by atoms with van der Waals surface area (Å²) in [5.41, 5.74) is 8.08. The van der Waals surface area contributed by atoms with E-state index in [0.29, 0.717) is 17.8 Å². The summed E-state index contributed by atoms with van der Waals surface area (Å²) < 4.78 is 39.4. The second-order valence-corrected chi connectivity index (χ2v) is 6.09. The first-order valence-electron chi connectivity index (χ1n) is 8.09. The van der Waals surface area contributed by atoms with Crippen molar-refractivity contribution in [3.05, 3.63) is 77.1 Å². The Bertz CT molecular complexity index is 962. The topological polar surface area (TPSA) is 72.9 Å². The molecule has 1 amide bonds. The lowest BCUT2D eigenvalue weighted by Gasteiger charge is -2.10. The number of nitrogens with zero attached hydrogens (tertiary/aromatic N) is 2. The molecule has 8 heteroatoms. The molecule has 0 atom stereocenters. The molecule has 27 heavy (non-hydrogen) atoms. The average molecular weight is 374 g/mol. The van der Waals surface area contributed by atoms with Crippen molar-refractivity contribution in [2.45, 2.75) is 19.6 Å². The van der Waals surface area contributed by atoms with Crippen molar-refractivity contribution in [1.82, 2.24) is 9.78 Å². The predicted molar refractivity (Wildman–Crippen MR) is 95.6 cm³/mol. The summed E-state index contributed by atoms with van der Waals surface area (Å²) >= 11 is 0. The minimum absolute atomic E-state index is 0.406. The minimum Gasteiger partial charge on any atom is -0.381 e. The molecule has 0 saturated heterocycles. The van der Waals surface area contributed by atoms with Crippen LogP contribution in [0.2, 0.25) is 0 Å². The number of anilines is 1. The third kappa shape index (κ3) is 4.28. The summed E-state index contributed by atoms with van der Waals surface area (Å²) in [5, 5.41) is 7.39. The van der Waals surface area contributed by atoms with E-state index in [0.717, 1.165) is 28.9 Å². The number of hydrogen-bond donors (Lipinski definition) is 2. The van der Waals surface area contributed by atoms with Gasteiger partial charge in [-0.25, -0.2) is 4.68 Å². The fourth-order valence-corrected chi connectivity index (χ4v) is 2.56. The van der Waals surface area contributed by atoms with E-state index in [1.807, 2.05) is 6.92 Å². The zero-order chi connectivity index (χ0) is 19.6. The van der Waals surface area contributed by atoms with Crippen molar-refractivity contribution in [3.63, 3.8) is 0 Å². The summed E-state index contributed by atoms with van der Waals surface area (Å²) in [4.78, 5) is 11.3. The van der Waals surface area contributed by atoms with Crippen LogP contribution in [0.5, 0.6) is 0 Å². The number of benzene rings is 2. The normalized spacial score (nSPS) is 11.4. The van der Waals surface area contributed by atoms with Crippen LogP contribution in [0.3, 0.4) is 0 Å². The van der Waals surface area contributed by atoms with Crippen molar-refractivity contribution < 1.29 is 18.0 Å². The number of amides is 1. The second-order valence-electron chi connectivity index (χ2n) is 6.09. The van der Waals surface area contributed by atoms with Gasteiger partial charge in [0.25, 0.3) is 0 Å². The van der Waals surface area contributed by atoms with Gasteiger partial charge < -0.3 is 11.1 Å². The minimum atomic E-state index is -4.37. The van der Waals surface area contributed by atoms with E-state index in [9.17, 15) is 18.0 Å². The number of rotatable bonds is 5. The number of nitrogens with one attached hydrogen (secondary N) is 1. The molecule has 0 radical (unpaired) electrons. The van der Waals surface area contributed by atoms with E-state index in [2.05, 4.69) is 10.4 Å². The average Bonchev–Trinajstić information content (AvgIpc) is 3.09. The molecule has 0 unspecified atom stereocenters. The molecule has 0 aliphatic heterocycles. The Hall–Kier alpha value is -3.29. The SMILES string of the molecule is Cc1ccc(C(N)=O)cc1NCc1cnn(-c2ccc(C(F)(F)F)cc2)c1. The quantitative estimate of drug-likeness (QED) is 0.711. The molecule has 0 aliphatic rings. The number of carbonyl (C=O) groups excluding carboxylic acids is 1. The number of primary amides is 1. The van der Waals surface area contributed by atoms with Gasteiger partial charge in [0, 0.05) is 29.6 Å². The fraction of sp³-hybridized carbons (Fsp3) is 0.158. The van der Waals surface area contributed by atoms with Gasteiger partial charge in [0.15, 0.2) is 0 Å². The molecule has 0 saturated carbocycles. The van der Waals surface area contributed by atoms with E-state index in [1.165, 1.54) is 16.8 Å². The molecule has 3 rings (SSSR count). The highest BCUT2D eigenvalue weighted by Gasteiger charge is 2.30. The van der Waals surface area contributed by atoms with Crippen LogP contribution >= 0.6 is 0 Å². The van der Waals surface area contributed by atoms with Gasteiger partial charge in [-0.1, -0.05) is 6.07 Å². The monoisotopic (exact) mass is 374 g/mol. The summed E-state index contributed by atoms with van der Waals surface area (Å²) in [5.74, 6) is -0.506. The zero-order valence-electron chi connectivity index (χ0n) is 14.4. The lowest BCUT2D eigenvalue weighted by atomic mass is 10.1. The zero-order valence-corrected chi connectivity index (χ0v) is 14.4. The molecule has 0 spiro atoms. The van der Waals surface area contributed by atoms with Crippen LogP contribution in [-0.2, 0) is 12.7 Å². The first-order valence-corrected chi connectivity index (χ1v) is 8.09. The van der Waals surface area contributed by atoms with Crippen LogP contribution in [0.15, 0.2) is 54.9 Å². The van der Waals surface area contributed by atoms with Gasteiger partial charge in [0.05, 0.1) is 17.4 Å². The van der Waals surface area contributed by atoms with Crippen LogP contribution in [0.1, 0.15) is 27.0 Å². The third-order valence-corrected chi connectivity index (χ3v) is 4.10. The van der Waals surface area contributed by atoms with Crippen LogP contribution in [0.25, 0.3) is 5.69 Å². The van der Waals surface area contributed by atoms with Gasteiger partial charge in [-0.05, 0) is 48.9 Å². The maximum absolute atomic E-state index is 12.6. The van der Waals surface area contributed by atoms with Crippen molar-refractivity contribution in [3.8, 4) is 5.69 Å². The highest BCUT2D eigenvalue weighted by Crippen LogP contribution is 2.29. The highest BCUT2D eigenvalue weighted by atomic mass is 19.4. The van der Waals surface area contributed by atoms with E-state index < -0.39 is 17.6 Å². The maximum Gasteiger partial charge on any atom is 0.416 e. The molecule has 0 bridgehead atoms. The van der Waals surface area contributed by atoms with Gasteiger partial charge in [-0.15, -0.1) is 0 Å². The number of aromatic nitrogens is 2. The number of alkyl halides is 3. The van der Waals surface area contributed by atoms with Crippen LogP contribution in [0, 0.1) is 6.92 Å². The molecule has 3 aromatic rings. The lowest BCUT2D eigenvalue weighted by Crippen LogP contribution is -2.11. The van der Waals surface area contributed by atoms with Crippen molar-refractivity contribution in [2.75, 3.05) is 5.32 Å². The van der Waals surface area contributed by atoms with Crippen molar-refractivity contribution >= 4 is 11.6 Å². The largest absolute Gasteiger partial charge is 0.416 e. The molecule has 0 aliphatic carbocycles. The first kappa shape index (κ1) is 18.5. The Kier molecular flexibility index (Phi) is 4.89. The highest BCUT2D eigenvalue weighted by molar-refractivity contribution is 5.94. The van der Waals surface area contributed by atoms with Crippen molar-refractivity contribution in [2.24, 2.45) is 5.73 Å². The predicted octanol–water partition coefficient (Wildman–Crippen LogP) is 3.91. The van der Waals surface area contributed by atoms with E-state index in [-0.39, 0.29) is 0 Å². The Balaban J connectivity index is 1.72. The third-order valence-electron chi connectivity index (χ3n) is 4.10. The molecular formula is C19H17F3N4O. The summed E-state index contributed by atoms with van der Waals surface area (Å²) in [6.45, 7) is 2.34.